The van der Waals surface area contributed by atoms with Crippen molar-refractivity contribution in [3.8, 4) is 0 Å². The summed E-state index contributed by atoms with van der Waals surface area (Å²) in [7, 11) is 0. The molecule has 80 valence electrons. The third-order valence-electron chi connectivity index (χ3n) is 1.54. The highest BCUT2D eigenvalue weighted by Crippen LogP contribution is 2.20. The zero-order valence-electron chi connectivity index (χ0n) is 8.43. The molecule has 0 spiro atoms. The minimum atomic E-state index is -0.134. The molecule has 0 aliphatic heterocycles. The summed E-state index contributed by atoms with van der Waals surface area (Å²) in [5.74, 6) is -0.267. The number of hydrogen-bond donors (Lipinski definition) is 2. The van der Waals surface area contributed by atoms with Crippen LogP contribution >= 0.6 is 22.6 Å². The lowest BCUT2D eigenvalue weighted by molar-refractivity contribution is -0.115. The number of anilines is 2. The van der Waals surface area contributed by atoms with Crippen LogP contribution in [0.1, 0.15) is 13.8 Å². The molecule has 0 saturated heterocycles. The van der Waals surface area contributed by atoms with Gasteiger partial charge in [-0.05, 0) is 40.8 Å². The summed E-state index contributed by atoms with van der Waals surface area (Å²) in [6.07, 6.45) is 0. The van der Waals surface area contributed by atoms with Crippen LogP contribution in [-0.4, -0.2) is 11.8 Å². The molecule has 0 bridgehead atoms. The highest BCUT2D eigenvalue weighted by molar-refractivity contribution is 14.1. The number of carbonyl (C=O) groups excluding carboxylic acids is 2. The van der Waals surface area contributed by atoms with Crippen molar-refractivity contribution in [2.24, 2.45) is 0 Å². The number of carbonyl (C=O) groups is 2. The Morgan fingerprint density at radius 3 is 1.73 bits per heavy atom. The average Bonchev–Trinajstić information content (AvgIpc) is 1.98. The van der Waals surface area contributed by atoms with Crippen LogP contribution in [0.25, 0.3) is 0 Å². The SMILES string of the molecule is CC(=O)Nc1cc(I)cc(NC(C)=O)c1. The van der Waals surface area contributed by atoms with Gasteiger partial charge in [-0.15, -0.1) is 0 Å². The van der Waals surface area contributed by atoms with Gasteiger partial charge < -0.3 is 10.6 Å². The molecule has 4 nitrogen and oxygen atoms in total. The maximum Gasteiger partial charge on any atom is 0.221 e. The van der Waals surface area contributed by atoms with Gasteiger partial charge in [0.1, 0.15) is 0 Å². The van der Waals surface area contributed by atoms with Gasteiger partial charge in [0.25, 0.3) is 0 Å². The lowest BCUT2D eigenvalue weighted by atomic mass is 10.2. The van der Waals surface area contributed by atoms with Gasteiger partial charge in [-0.3, -0.25) is 9.59 Å². The number of benzene rings is 1. The van der Waals surface area contributed by atoms with Crippen LogP contribution in [-0.2, 0) is 9.59 Å². The molecule has 0 fully saturated rings. The zero-order valence-corrected chi connectivity index (χ0v) is 10.6. The largest absolute Gasteiger partial charge is 0.326 e. The standard InChI is InChI=1S/C10H11IN2O2/c1-6(14)12-9-3-8(11)4-10(5-9)13-7(2)15/h3-5H,1-2H3,(H,12,14)(H,13,15). The predicted octanol–water partition coefficient (Wildman–Crippen LogP) is 2.21. The molecule has 2 amide bonds. The van der Waals surface area contributed by atoms with Crippen LogP contribution < -0.4 is 10.6 Å². The third kappa shape index (κ3) is 4.28. The Labute approximate surface area is 102 Å². The first-order chi connectivity index (χ1) is 6.97. The Kier molecular flexibility index (Phi) is 4.07. The summed E-state index contributed by atoms with van der Waals surface area (Å²) in [5.41, 5.74) is 1.36. The van der Waals surface area contributed by atoms with Crippen LogP contribution in [0.3, 0.4) is 0 Å². The smallest absolute Gasteiger partial charge is 0.221 e. The molecule has 0 saturated carbocycles. The van der Waals surface area contributed by atoms with E-state index in [1.807, 2.05) is 12.1 Å². The molecule has 1 aromatic carbocycles. The molecule has 0 atom stereocenters. The second-order valence-electron chi connectivity index (χ2n) is 3.09. The first-order valence-corrected chi connectivity index (χ1v) is 5.41. The maximum absolute atomic E-state index is 10.9. The van der Waals surface area contributed by atoms with Gasteiger partial charge in [-0.2, -0.15) is 0 Å². The number of amides is 2. The van der Waals surface area contributed by atoms with E-state index in [-0.39, 0.29) is 11.8 Å². The Bertz CT molecular complexity index is 370. The van der Waals surface area contributed by atoms with Crippen molar-refractivity contribution in [1.82, 2.24) is 0 Å². The highest BCUT2D eigenvalue weighted by Gasteiger charge is 2.02. The Morgan fingerprint density at radius 2 is 1.40 bits per heavy atom. The molecule has 0 radical (unpaired) electrons. The number of nitrogens with one attached hydrogen (secondary N) is 2. The minimum absolute atomic E-state index is 0.134. The van der Waals surface area contributed by atoms with Crippen LogP contribution in [0.4, 0.5) is 11.4 Å². The summed E-state index contributed by atoms with van der Waals surface area (Å²) < 4.78 is 0.947. The van der Waals surface area contributed by atoms with Crippen molar-refractivity contribution in [1.29, 1.82) is 0 Å². The fourth-order valence-corrected chi connectivity index (χ4v) is 1.81. The van der Waals surface area contributed by atoms with E-state index in [2.05, 4.69) is 33.2 Å². The first kappa shape index (κ1) is 12.0. The molecular formula is C10H11IN2O2. The quantitative estimate of drug-likeness (QED) is 0.822. The summed E-state index contributed by atoms with van der Waals surface area (Å²) in [6, 6.07) is 5.37. The van der Waals surface area contributed by atoms with Crippen molar-refractivity contribution < 1.29 is 9.59 Å². The van der Waals surface area contributed by atoms with E-state index in [0.29, 0.717) is 11.4 Å². The zero-order chi connectivity index (χ0) is 11.4. The second-order valence-corrected chi connectivity index (χ2v) is 4.34. The van der Waals surface area contributed by atoms with Crippen molar-refractivity contribution in [2.75, 3.05) is 10.6 Å². The molecule has 1 aromatic rings. The topological polar surface area (TPSA) is 58.2 Å². The van der Waals surface area contributed by atoms with Gasteiger partial charge >= 0.3 is 0 Å². The van der Waals surface area contributed by atoms with Crippen molar-refractivity contribution in [2.45, 2.75) is 13.8 Å². The van der Waals surface area contributed by atoms with Gasteiger partial charge in [0.05, 0.1) is 0 Å². The van der Waals surface area contributed by atoms with Crippen LogP contribution in [0.2, 0.25) is 0 Å². The van der Waals surface area contributed by atoms with E-state index >= 15 is 0 Å². The first-order valence-electron chi connectivity index (χ1n) is 4.33. The monoisotopic (exact) mass is 318 g/mol. The fourth-order valence-electron chi connectivity index (χ4n) is 1.14. The van der Waals surface area contributed by atoms with E-state index in [1.54, 1.807) is 6.07 Å². The Morgan fingerprint density at radius 1 is 1.00 bits per heavy atom. The van der Waals surface area contributed by atoms with Crippen LogP contribution in [0, 0.1) is 3.57 Å². The molecule has 15 heavy (non-hydrogen) atoms. The lowest BCUT2D eigenvalue weighted by Gasteiger charge is -2.07. The van der Waals surface area contributed by atoms with Crippen LogP contribution in [0.5, 0.6) is 0 Å². The number of rotatable bonds is 2. The molecule has 5 heteroatoms. The molecule has 0 heterocycles. The maximum atomic E-state index is 10.9. The molecule has 2 N–H and O–H groups in total. The van der Waals surface area contributed by atoms with E-state index < -0.39 is 0 Å². The average molecular weight is 318 g/mol. The Hall–Kier alpha value is -1.11. The summed E-state index contributed by atoms with van der Waals surface area (Å²) >= 11 is 2.12. The van der Waals surface area contributed by atoms with E-state index in [0.717, 1.165) is 3.57 Å². The van der Waals surface area contributed by atoms with Crippen molar-refractivity contribution >= 4 is 45.8 Å². The molecule has 0 aliphatic carbocycles. The molecule has 0 aliphatic rings. The Balaban J connectivity index is 2.94. The van der Waals surface area contributed by atoms with Crippen molar-refractivity contribution in [3.63, 3.8) is 0 Å². The third-order valence-corrected chi connectivity index (χ3v) is 2.16. The highest BCUT2D eigenvalue weighted by atomic mass is 127. The van der Waals surface area contributed by atoms with E-state index in [4.69, 9.17) is 0 Å². The van der Waals surface area contributed by atoms with Gasteiger partial charge in [0.15, 0.2) is 0 Å². The molecule has 0 aromatic heterocycles. The second kappa shape index (κ2) is 5.11. The van der Waals surface area contributed by atoms with Crippen molar-refractivity contribution in [3.05, 3.63) is 21.8 Å². The number of halogens is 1. The normalized spacial score (nSPS) is 9.53. The predicted molar refractivity (Wildman–Crippen MR) is 67.8 cm³/mol. The molecular weight excluding hydrogens is 307 g/mol. The van der Waals surface area contributed by atoms with Gasteiger partial charge in [-0.1, -0.05) is 0 Å². The number of hydrogen-bond acceptors (Lipinski definition) is 2. The summed E-state index contributed by atoms with van der Waals surface area (Å²) in [6.45, 7) is 2.88. The summed E-state index contributed by atoms with van der Waals surface area (Å²) in [4.78, 5) is 21.7. The van der Waals surface area contributed by atoms with Crippen LogP contribution in [0.15, 0.2) is 18.2 Å². The van der Waals surface area contributed by atoms with E-state index in [1.165, 1.54) is 13.8 Å². The fraction of sp³-hybridized carbons (Fsp3) is 0.200. The molecule has 1 rings (SSSR count). The lowest BCUT2D eigenvalue weighted by Crippen LogP contribution is -2.09. The van der Waals surface area contributed by atoms with Gasteiger partial charge in [0.2, 0.25) is 11.8 Å². The van der Waals surface area contributed by atoms with Gasteiger partial charge in [0, 0.05) is 28.8 Å². The van der Waals surface area contributed by atoms with Gasteiger partial charge in [-0.25, -0.2) is 0 Å². The van der Waals surface area contributed by atoms with E-state index in [9.17, 15) is 9.59 Å². The molecule has 0 unspecified atom stereocenters. The minimum Gasteiger partial charge on any atom is -0.326 e. The summed E-state index contributed by atoms with van der Waals surface area (Å²) in [5, 5.41) is 5.33.